The van der Waals surface area contributed by atoms with Crippen molar-refractivity contribution >= 4 is 56.2 Å². The molecule has 0 aliphatic rings. The quantitative estimate of drug-likeness (QED) is 0.487. The maximum absolute atomic E-state index is 13.9. The molecule has 4 N–H and O–H groups in total. The van der Waals surface area contributed by atoms with Crippen LogP contribution in [0.3, 0.4) is 0 Å². The third-order valence-electron chi connectivity index (χ3n) is 2.28. The molecule has 90 valence electrons. The van der Waals surface area contributed by atoms with E-state index in [4.69, 9.17) is 10.9 Å². The second-order valence-electron chi connectivity index (χ2n) is 3.18. The lowest BCUT2D eigenvalue weighted by molar-refractivity contribution is 0.639. The summed E-state index contributed by atoms with van der Waals surface area (Å²) in [5, 5.41) is 10.1. The molecule has 0 bridgehead atoms. The van der Waals surface area contributed by atoms with E-state index in [1.165, 1.54) is 18.5 Å². The molecule has 1 aromatic carbocycles. The summed E-state index contributed by atoms with van der Waals surface area (Å²) in [6.07, 6.45) is 3.32. The Kier molecular flexibility index (Phi) is 4.24. The number of nitrogens with zero attached hydrogens (tertiary/aromatic N) is 2. The molecule has 4 nitrogen and oxygen atoms in total. The van der Waals surface area contributed by atoms with Crippen molar-refractivity contribution in [3.8, 4) is 0 Å². The SMILES string of the molecule is N/C=C(\SN)c1cc(F)c2cnn(PI)c2c1. The lowest BCUT2D eigenvalue weighted by atomic mass is 10.1. The Morgan fingerprint density at radius 3 is 2.94 bits per heavy atom. The van der Waals surface area contributed by atoms with Crippen molar-refractivity contribution in [2.24, 2.45) is 10.9 Å². The van der Waals surface area contributed by atoms with E-state index in [0.717, 1.165) is 17.5 Å². The lowest BCUT2D eigenvalue weighted by Gasteiger charge is -2.05. The van der Waals surface area contributed by atoms with Gasteiger partial charge in [0.1, 0.15) is 5.82 Å². The molecule has 1 aromatic heterocycles. The molecular formula is C9H9FIN4PS. The maximum atomic E-state index is 13.9. The first-order valence-electron chi connectivity index (χ1n) is 4.54. The van der Waals surface area contributed by atoms with E-state index >= 15 is 0 Å². The van der Waals surface area contributed by atoms with Crippen LogP contribution in [0.5, 0.6) is 0 Å². The van der Waals surface area contributed by atoms with Gasteiger partial charge in [0.05, 0.1) is 23.5 Å². The van der Waals surface area contributed by atoms with Crippen LogP contribution >= 0.6 is 40.4 Å². The first-order chi connectivity index (χ1) is 8.21. The van der Waals surface area contributed by atoms with Crippen molar-refractivity contribution in [1.82, 2.24) is 9.55 Å². The van der Waals surface area contributed by atoms with E-state index in [0.29, 0.717) is 22.2 Å². The summed E-state index contributed by atoms with van der Waals surface area (Å²) < 4.78 is 15.6. The van der Waals surface area contributed by atoms with Gasteiger partial charge in [0.2, 0.25) is 0 Å². The van der Waals surface area contributed by atoms with Gasteiger partial charge in [-0.15, -0.1) is 0 Å². The van der Waals surface area contributed by atoms with Crippen LogP contribution in [0.15, 0.2) is 24.5 Å². The Balaban J connectivity index is 2.68. The van der Waals surface area contributed by atoms with Crippen LogP contribution < -0.4 is 10.9 Å². The molecule has 1 unspecified atom stereocenters. The van der Waals surface area contributed by atoms with E-state index < -0.39 is 0 Å². The molecule has 0 spiro atoms. The highest BCUT2D eigenvalue weighted by Crippen LogP contribution is 2.32. The molecule has 0 amide bonds. The smallest absolute Gasteiger partial charge is 0.134 e. The van der Waals surface area contributed by atoms with Crippen LogP contribution in [0.25, 0.3) is 15.8 Å². The fourth-order valence-corrected chi connectivity index (χ4v) is 3.36. The van der Waals surface area contributed by atoms with Crippen molar-refractivity contribution in [2.45, 2.75) is 0 Å². The zero-order chi connectivity index (χ0) is 12.4. The van der Waals surface area contributed by atoms with Gasteiger partial charge in [-0.2, -0.15) is 5.10 Å². The topological polar surface area (TPSA) is 69.9 Å². The molecule has 0 radical (unpaired) electrons. The molecule has 1 atom stereocenters. The van der Waals surface area contributed by atoms with Crippen LogP contribution in [-0.4, -0.2) is 9.55 Å². The number of fused-ring (bicyclic) bond motifs is 1. The van der Waals surface area contributed by atoms with E-state index in [-0.39, 0.29) is 5.82 Å². The minimum atomic E-state index is -0.313. The number of hydrogen-bond donors (Lipinski definition) is 2. The summed E-state index contributed by atoms with van der Waals surface area (Å²) in [7, 11) is 0. The second-order valence-corrected chi connectivity index (χ2v) is 5.90. The number of halogens is 2. The van der Waals surface area contributed by atoms with Crippen LogP contribution in [0.2, 0.25) is 0 Å². The average Bonchev–Trinajstić information content (AvgIpc) is 2.74. The third kappa shape index (κ3) is 2.42. The first kappa shape index (κ1) is 13.1. The highest BCUT2D eigenvalue weighted by atomic mass is 127. The first-order valence-corrected chi connectivity index (χ1v) is 9.48. The summed E-state index contributed by atoms with van der Waals surface area (Å²) in [6, 6.07) is 3.26. The van der Waals surface area contributed by atoms with Gasteiger partial charge in [0, 0.05) is 11.1 Å². The minimum Gasteiger partial charge on any atom is -0.404 e. The summed E-state index contributed by atoms with van der Waals surface area (Å²) >= 11 is 3.19. The molecule has 8 heteroatoms. The fraction of sp³-hybridized carbons (Fsp3) is 0. The molecule has 0 saturated heterocycles. The summed E-state index contributed by atoms with van der Waals surface area (Å²) in [6.45, 7) is 0. The van der Waals surface area contributed by atoms with Crippen LogP contribution in [0.4, 0.5) is 4.39 Å². The Hall–Kier alpha value is -0.370. The van der Waals surface area contributed by atoms with Crippen molar-refractivity contribution in [3.63, 3.8) is 0 Å². The minimum absolute atomic E-state index is 0.313. The molecule has 0 aliphatic carbocycles. The number of nitrogens with two attached hydrogens (primary N) is 2. The van der Waals surface area contributed by atoms with Crippen molar-refractivity contribution in [3.05, 3.63) is 35.9 Å². The van der Waals surface area contributed by atoms with Gasteiger partial charge in [0.25, 0.3) is 0 Å². The zero-order valence-electron chi connectivity index (χ0n) is 8.52. The zero-order valence-corrected chi connectivity index (χ0v) is 12.5. The molecule has 0 aliphatic heterocycles. The van der Waals surface area contributed by atoms with Crippen molar-refractivity contribution in [1.29, 1.82) is 0 Å². The molecule has 2 rings (SSSR count). The predicted molar refractivity (Wildman–Crippen MR) is 81.4 cm³/mol. The lowest BCUT2D eigenvalue weighted by Crippen LogP contribution is -1.92. The number of benzene rings is 1. The summed E-state index contributed by atoms with van der Waals surface area (Å²) in [5.41, 5.74) is 6.87. The van der Waals surface area contributed by atoms with Crippen LogP contribution in [-0.2, 0) is 0 Å². The van der Waals surface area contributed by atoms with Crippen LogP contribution in [0.1, 0.15) is 5.56 Å². The largest absolute Gasteiger partial charge is 0.404 e. The van der Waals surface area contributed by atoms with Gasteiger partial charge in [-0.05, 0) is 51.7 Å². The van der Waals surface area contributed by atoms with Gasteiger partial charge in [-0.25, -0.2) is 8.84 Å². The number of hydrogen-bond acceptors (Lipinski definition) is 4. The van der Waals surface area contributed by atoms with Gasteiger partial charge in [0.15, 0.2) is 0 Å². The Morgan fingerprint density at radius 2 is 2.35 bits per heavy atom. The summed E-state index contributed by atoms with van der Waals surface area (Å²) in [5.74, 6) is -0.313. The Labute approximate surface area is 116 Å². The molecule has 0 fully saturated rings. The number of rotatable bonds is 3. The van der Waals surface area contributed by atoms with E-state index in [1.807, 2.05) is 6.07 Å². The molecule has 17 heavy (non-hydrogen) atoms. The van der Waals surface area contributed by atoms with Gasteiger partial charge < -0.3 is 5.73 Å². The third-order valence-corrected chi connectivity index (χ3v) is 4.79. The van der Waals surface area contributed by atoms with Gasteiger partial charge in [-0.1, -0.05) is 0 Å². The van der Waals surface area contributed by atoms with Crippen molar-refractivity contribution in [2.75, 3.05) is 0 Å². The van der Waals surface area contributed by atoms with E-state index in [9.17, 15) is 4.39 Å². The van der Waals surface area contributed by atoms with E-state index in [1.54, 1.807) is 4.45 Å². The van der Waals surface area contributed by atoms with Crippen molar-refractivity contribution < 1.29 is 4.39 Å². The molecule has 1 heterocycles. The van der Waals surface area contributed by atoms with E-state index in [2.05, 4.69) is 27.1 Å². The number of aromatic nitrogens is 2. The maximum Gasteiger partial charge on any atom is 0.134 e. The molecular weight excluding hydrogens is 373 g/mol. The standard InChI is InChI=1S/C9H9FIN4PS/c10-7-1-5(9(3-12)17-13)2-8-6(7)4-14-15(8)16-11/h1-4,16H,12-13H2/b9-3-. The monoisotopic (exact) mass is 382 g/mol. The Bertz CT molecular complexity index is 586. The second kappa shape index (κ2) is 5.51. The highest BCUT2D eigenvalue weighted by Gasteiger charge is 2.11. The van der Waals surface area contributed by atoms with Gasteiger partial charge in [-0.3, -0.25) is 5.14 Å². The average molecular weight is 382 g/mol. The molecule has 2 aromatic rings. The highest BCUT2D eigenvalue weighted by molar-refractivity contribution is 14.2. The fourth-order valence-electron chi connectivity index (χ4n) is 1.50. The predicted octanol–water partition coefficient (Wildman–Crippen LogP) is 2.83. The van der Waals surface area contributed by atoms with Gasteiger partial charge >= 0.3 is 0 Å². The Morgan fingerprint density at radius 1 is 1.59 bits per heavy atom. The normalized spacial score (nSPS) is 13.0. The summed E-state index contributed by atoms with van der Waals surface area (Å²) in [4.78, 5) is 0.635. The van der Waals surface area contributed by atoms with Crippen LogP contribution in [0, 0.1) is 5.82 Å². The molecule has 0 saturated carbocycles.